The number of non-ortho nitro benzene ring substituents is 1. The number of nitrogens with one attached hydrogen (secondary N) is 1. The summed E-state index contributed by atoms with van der Waals surface area (Å²) in [4.78, 5) is 22.7. The molecular formula is C21H14ClN3O4. The van der Waals surface area contributed by atoms with Gasteiger partial charge in [0.15, 0.2) is 0 Å². The Bertz CT molecular complexity index is 1160. The van der Waals surface area contributed by atoms with Crippen molar-refractivity contribution >= 4 is 35.0 Å². The van der Waals surface area contributed by atoms with Crippen molar-refractivity contribution in [3.05, 3.63) is 86.6 Å². The number of hydrogen-bond donors (Lipinski definition) is 1. The number of nitro groups is 1. The van der Waals surface area contributed by atoms with Crippen LogP contribution in [0, 0.1) is 28.4 Å². The van der Waals surface area contributed by atoms with E-state index in [1.165, 1.54) is 18.2 Å². The van der Waals surface area contributed by atoms with Crippen LogP contribution in [0.2, 0.25) is 5.02 Å². The number of amides is 1. The molecule has 144 valence electrons. The Labute approximate surface area is 171 Å². The minimum absolute atomic E-state index is 0.0106. The van der Waals surface area contributed by atoms with E-state index < -0.39 is 10.8 Å². The lowest BCUT2D eigenvalue weighted by Gasteiger charge is -2.04. The van der Waals surface area contributed by atoms with E-state index in [4.69, 9.17) is 16.0 Å². The molecule has 0 fully saturated rings. The molecule has 2 aromatic carbocycles. The molecule has 0 saturated carbocycles. The second-order valence-corrected chi connectivity index (χ2v) is 6.53. The molecule has 0 aliphatic carbocycles. The molecule has 29 heavy (non-hydrogen) atoms. The summed E-state index contributed by atoms with van der Waals surface area (Å²) in [7, 11) is 0. The Morgan fingerprint density at radius 3 is 2.55 bits per heavy atom. The number of hydrogen-bond acceptors (Lipinski definition) is 5. The maximum Gasteiger partial charge on any atom is 0.269 e. The van der Waals surface area contributed by atoms with Crippen LogP contribution in [0.1, 0.15) is 11.3 Å². The largest absolute Gasteiger partial charge is 0.457 e. The molecular weight excluding hydrogens is 394 g/mol. The van der Waals surface area contributed by atoms with E-state index in [1.807, 2.05) is 6.07 Å². The van der Waals surface area contributed by atoms with Gasteiger partial charge in [0.1, 0.15) is 23.2 Å². The predicted molar refractivity (Wildman–Crippen MR) is 109 cm³/mol. The van der Waals surface area contributed by atoms with Gasteiger partial charge in [-0.1, -0.05) is 11.6 Å². The average Bonchev–Trinajstić information content (AvgIpc) is 3.16. The summed E-state index contributed by atoms with van der Waals surface area (Å²) in [6, 6.07) is 16.1. The quantitative estimate of drug-likeness (QED) is 0.265. The van der Waals surface area contributed by atoms with Crippen LogP contribution in [0.3, 0.4) is 0 Å². The minimum Gasteiger partial charge on any atom is -0.457 e. The van der Waals surface area contributed by atoms with E-state index in [9.17, 15) is 20.2 Å². The van der Waals surface area contributed by atoms with Crippen LogP contribution in [-0.2, 0) is 4.79 Å². The fourth-order valence-corrected chi connectivity index (χ4v) is 2.76. The highest BCUT2D eigenvalue weighted by atomic mass is 35.5. The number of carbonyl (C=O) groups is 1. The molecule has 0 unspecified atom stereocenters. The van der Waals surface area contributed by atoms with Gasteiger partial charge in [0.05, 0.1) is 4.92 Å². The second kappa shape index (κ2) is 8.42. The molecule has 1 N–H and O–H groups in total. The lowest BCUT2D eigenvalue weighted by molar-refractivity contribution is -0.384. The molecule has 1 amide bonds. The Hall–Kier alpha value is -3.89. The van der Waals surface area contributed by atoms with Gasteiger partial charge in [0.2, 0.25) is 0 Å². The first kappa shape index (κ1) is 19.9. The first-order valence-corrected chi connectivity index (χ1v) is 8.79. The number of nitro benzene ring substituents is 1. The molecule has 0 radical (unpaired) electrons. The van der Waals surface area contributed by atoms with Gasteiger partial charge in [-0.2, -0.15) is 5.26 Å². The van der Waals surface area contributed by atoms with E-state index >= 15 is 0 Å². The standard InChI is InChI=1S/C21H14ClN3O4/c1-13-10-17(25(27)28)6-8-19(13)20-9-7-18(29-20)11-14(12-23)21(26)24-16-4-2-15(22)3-5-16/h2-11H,1H3,(H,24,26)/b14-11+. The number of nitriles is 1. The van der Waals surface area contributed by atoms with E-state index in [0.717, 1.165) is 0 Å². The van der Waals surface area contributed by atoms with Crippen LogP contribution in [-0.4, -0.2) is 10.8 Å². The molecule has 0 aliphatic heterocycles. The van der Waals surface area contributed by atoms with Crippen molar-refractivity contribution in [3.8, 4) is 17.4 Å². The number of aryl methyl sites for hydroxylation is 1. The van der Waals surface area contributed by atoms with Crippen LogP contribution < -0.4 is 5.32 Å². The lowest BCUT2D eigenvalue weighted by atomic mass is 10.1. The zero-order valence-corrected chi connectivity index (χ0v) is 15.9. The summed E-state index contributed by atoms with van der Waals surface area (Å²) < 4.78 is 5.70. The molecule has 0 spiro atoms. The van der Waals surface area contributed by atoms with Crippen molar-refractivity contribution in [3.63, 3.8) is 0 Å². The maximum atomic E-state index is 12.3. The van der Waals surface area contributed by atoms with Crippen molar-refractivity contribution in [2.75, 3.05) is 5.32 Å². The number of halogens is 1. The number of nitrogens with zero attached hydrogens (tertiary/aromatic N) is 2. The van der Waals surface area contributed by atoms with Crippen LogP contribution in [0.15, 0.2) is 64.6 Å². The zero-order valence-electron chi connectivity index (χ0n) is 15.2. The van der Waals surface area contributed by atoms with Gasteiger partial charge in [0.25, 0.3) is 11.6 Å². The van der Waals surface area contributed by atoms with Crippen LogP contribution in [0.4, 0.5) is 11.4 Å². The highest BCUT2D eigenvalue weighted by Gasteiger charge is 2.14. The smallest absolute Gasteiger partial charge is 0.269 e. The van der Waals surface area contributed by atoms with Crippen molar-refractivity contribution < 1.29 is 14.1 Å². The Morgan fingerprint density at radius 1 is 1.21 bits per heavy atom. The van der Waals surface area contributed by atoms with Gasteiger partial charge < -0.3 is 9.73 Å². The average molecular weight is 408 g/mol. The molecule has 0 aliphatic rings. The number of benzene rings is 2. The van der Waals surface area contributed by atoms with E-state index in [1.54, 1.807) is 49.4 Å². The second-order valence-electron chi connectivity index (χ2n) is 6.09. The third-order valence-electron chi connectivity index (χ3n) is 4.07. The number of rotatable bonds is 5. The lowest BCUT2D eigenvalue weighted by Crippen LogP contribution is -2.13. The number of carbonyl (C=O) groups excluding carboxylic acids is 1. The topological polar surface area (TPSA) is 109 Å². The zero-order chi connectivity index (χ0) is 21.0. The van der Waals surface area contributed by atoms with Gasteiger partial charge in [-0.05, 0) is 55.0 Å². The fourth-order valence-electron chi connectivity index (χ4n) is 2.64. The molecule has 3 rings (SSSR count). The monoisotopic (exact) mass is 407 g/mol. The van der Waals surface area contributed by atoms with E-state index in [0.29, 0.717) is 33.4 Å². The number of furan rings is 1. The summed E-state index contributed by atoms with van der Waals surface area (Å²) in [6.07, 6.45) is 1.33. The molecule has 0 atom stereocenters. The third kappa shape index (κ3) is 4.69. The Morgan fingerprint density at radius 2 is 1.93 bits per heavy atom. The van der Waals surface area contributed by atoms with Gasteiger partial charge in [-0.25, -0.2) is 0 Å². The van der Waals surface area contributed by atoms with Gasteiger partial charge in [0, 0.05) is 34.5 Å². The SMILES string of the molecule is Cc1cc([N+](=O)[O-])ccc1-c1ccc(/C=C(\C#N)C(=O)Nc2ccc(Cl)cc2)o1. The van der Waals surface area contributed by atoms with Crippen LogP contribution in [0.5, 0.6) is 0 Å². The van der Waals surface area contributed by atoms with E-state index in [-0.39, 0.29) is 11.3 Å². The van der Waals surface area contributed by atoms with E-state index in [2.05, 4.69) is 5.32 Å². The predicted octanol–water partition coefficient (Wildman–Crippen LogP) is 5.36. The van der Waals surface area contributed by atoms with Gasteiger partial charge in [-0.15, -0.1) is 0 Å². The summed E-state index contributed by atoms with van der Waals surface area (Å²) in [5.74, 6) is 0.193. The highest BCUT2D eigenvalue weighted by molar-refractivity contribution is 6.30. The van der Waals surface area contributed by atoms with Crippen molar-refractivity contribution in [2.45, 2.75) is 6.92 Å². The normalized spacial score (nSPS) is 11.0. The maximum absolute atomic E-state index is 12.3. The number of anilines is 1. The fraction of sp³-hybridized carbons (Fsp3) is 0.0476. The Kier molecular flexibility index (Phi) is 5.77. The van der Waals surface area contributed by atoms with Crippen molar-refractivity contribution in [1.82, 2.24) is 0 Å². The van der Waals surface area contributed by atoms with Crippen LogP contribution in [0.25, 0.3) is 17.4 Å². The summed E-state index contributed by atoms with van der Waals surface area (Å²) in [5.41, 5.74) is 1.71. The summed E-state index contributed by atoms with van der Waals surface area (Å²) in [6.45, 7) is 1.74. The van der Waals surface area contributed by atoms with Gasteiger partial charge >= 0.3 is 0 Å². The summed E-state index contributed by atoms with van der Waals surface area (Å²) in [5, 5.41) is 23.3. The summed E-state index contributed by atoms with van der Waals surface area (Å²) >= 11 is 5.81. The molecule has 1 heterocycles. The third-order valence-corrected chi connectivity index (χ3v) is 4.32. The highest BCUT2D eigenvalue weighted by Crippen LogP contribution is 2.29. The van der Waals surface area contributed by atoms with Gasteiger partial charge in [-0.3, -0.25) is 14.9 Å². The van der Waals surface area contributed by atoms with Crippen molar-refractivity contribution in [1.29, 1.82) is 5.26 Å². The first-order chi connectivity index (χ1) is 13.9. The minimum atomic E-state index is -0.584. The molecule has 3 aromatic rings. The molecule has 1 aromatic heterocycles. The molecule has 0 saturated heterocycles. The molecule has 7 nitrogen and oxygen atoms in total. The van der Waals surface area contributed by atoms with Crippen LogP contribution >= 0.6 is 11.6 Å². The van der Waals surface area contributed by atoms with Crippen molar-refractivity contribution in [2.24, 2.45) is 0 Å². The molecule has 8 heteroatoms. The Balaban J connectivity index is 1.82. The first-order valence-electron chi connectivity index (χ1n) is 8.41. The molecule has 0 bridgehead atoms.